The number of aromatic nitrogens is 2. The van der Waals surface area contributed by atoms with Crippen molar-refractivity contribution in [1.29, 1.82) is 0 Å². The predicted octanol–water partition coefficient (Wildman–Crippen LogP) is 2.66. The van der Waals surface area contributed by atoms with Crippen molar-refractivity contribution in [2.45, 2.75) is 6.92 Å². The summed E-state index contributed by atoms with van der Waals surface area (Å²) in [7, 11) is 1.64. The summed E-state index contributed by atoms with van der Waals surface area (Å²) in [6.45, 7) is 1.83. The third-order valence-corrected chi connectivity index (χ3v) is 2.76. The van der Waals surface area contributed by atoms with E-state index < -0.39 is 0 Å². The van der Waals surface area contributed by atoms with Gasteiger partial charge in [-0.2, -0.15) is 4.73 Å². The normalized spacial score (nSPS) is 10.9. The van der Waals surface area contributed by atoms with E-state index in [0.717, 1.165) is 22.2 Å². The monoisotopic (exact) mass is 228 g/mol. The Labute approximate surface area is 98.4 Å². The molecule has 0 aliphatic rings. The molecular weight excluding hydrogens is 216 g/mol. The molecule has 17 heavy (non-hydrogen) atoms. The summed E-state index contributed by atoms with van der Waals surface area (Å²) >= 11 is 0. The largest absolute Gasteiger partial charge is 0.441 e. The van der Waals surface area contributed by atoms with E-state index in [2.05, 4.69) is 4.98 Å². The van der Waals surface area contributed by atoms with Crippen molar-refractivity contribution in [1.82, 2.24) is 9.71 Å². The number of nitrogens with zero attached hydrogens (tertiary/aromatic N) is 2. The number of hydrogen-bond acceptors (Lipinski definition) is 3. The molecule has 4 heteroatoms. The molecule has 0 N–H and O–H groups in total. The van der Waals surface area contributed by atoms with E-state index in [-0.39, 0.29) is 0 Å². The number of oxazole rings is 1. The lowest BCUT2D eigenvalue weighted by atomic mass is 10.1. The fraction of sp³-hybridized carbons (Fsp3) is 0.154. The van der Waals surface area contributed by atoms with E-state index in [1.54, 1.807) is 18.0 Å². The van der Waals surface area contributed by atoms with Crippen molar-refractivity contribution in [2.75, 3.05) is 7.11 Å². The van der Waals surface area contributed by atoms with Crippen LogP contribution in [-0.2, 0) is 0 Å². The Morgan fingerprint density at radius 3 is 2.82 bits per heavy atom. The third kappa shape index (κ3) is 1.49. The molecule has 0 spiro atoms. The van der Waals surface area contributed by atoms with Crippen molar-refractivity contribution in [3.8, 4) is 11.3 Å². The molecule has 0 fully saturated rings. The first-order valence-electron chi connectivity index (χ1n) is 5.37. The highest BCUT2D eigenvalue weighted by atomic mass is 16.6. The Morgan fingerprint density at radius 2 is 2.12 bits per heavy atom. The van der Waals surface area contributed by atoms with Crippen LogP contribution in [0.3, 0.4) is 0 Å². The van der Waals surface area contributed by atoms with Gasteiger partial charge in [0.2, 0.25) is 0 Å². The van der Waals surface area contributed by atoms with Gasteiger partial charge >= 0.3 is 0 Å². The highest BCUT2D eigenvalue weighted by Crippen LogP contribution is 2.30. The second-order valence-electron chi connectivity index (χ2n) is 3.81. The lowest BCUT2D eigenvalue weighted by molar-refractivity contribution is 0.179. The fourth-order valence-corrected chi connectivity index (χ4v) is 1.98. The maximum Gasteiger partial charge on any atom is 0.191 e. The Bertz CT molecular complexity index is 667. The Hall–Kier alpha value is -2.23. The molecule has 3 rings (SSSR count). The zero-order valence-electron chi connectivity index (χ0n) is 9.68. The molecule has 3 aromatic rings. The van der Waals surface area contributed by atoms with Crippen molar-refractivity contribution in [3.05, 3.63) is 42.5 Å². The number of rotatable bonds is 2. The Balaban J connectivity index is 2.29. The maximum absolute atomic E-state index is 5.56. The number of benzene rings is 1. The molecule has 2 heterocycles. The van der Waals surface area contributed by atoms with Gasteiger partial charge < -0.3 is 9.25 Å². The van der Waals surface area contributed by atoms with Gasteiger partial charge in [-0.1, -0.05) is 18.2 Å². The summed E-state index contributed by atoms with van der Waals surface area (Å²) in [4.78, 5) is 9.41. The zero-order valence-corrected chi connectivity index (χ0v) is 9.68. The van der Waals surface area contributed by atoms with Crippen LogP contribution in [0.15, 0.2) is 41.1 Å². The van der Waals surface area contributed by atoms with Crippen LogP contribution in [0.25, 0.3) is 22.2 Å². The second-order valence-corrected chi connectivity index (χ2v) is 3.81. The van der Waals surface area contributed by atoms with E-state index >= 15 is 0 Å². The summed E-state index contributed by atoms with van der Waals surface area (Å²) in [5.41, 5.74) is 2.00. The van der Waals surface area contributed by atoms with Gasteiger partial charge in [0.1, 0.15) is 7.11 Å². The van der Waals surface area contributed by atoms with E-state index in [9.17, 15) is 0 Å². The van der Waals surface area contributed by atoms with Gasteiger partial charge in [0, 0.05) is 17.9 Å². The highest BCUT2D eigenvalue weighted by molar-refractivity contribution is 5.94. The zero-order chi connectivity index (χ0) is 11.8. The molecule has 0 radical (unpaired) electrons. The van der Waals surface area contributed by atoms with Crippen LogP contribution in [0.5, 0.6) is 0 Å². The Kier molecular flexibility index (Phi) is 2.14. The van der Waals surface area contributed by atoms with Gasteiger partial charge in [-0.05, 0) is 6.07 Å². The van der Waals surface area contributed by atoms with Crippen LogP contribution in [0, 0.1) is 6.92 Å². The Morgan fingerprint density at radius 1 is 1.29 bits per heavy atom. The van der Waals surface area contributed by atoms with Crippen molar-refractivity contribution >= 4 is 10.9 Å². The summed E-state index contributed by atoms with van der Waals surface area (Å²) in [5.74, 6) is 1.42. The van der Waals surface area contributed by atoms with Gasteiger partial charge in [0.15, 0.2) is 11.7 Å². The number of para-hydroxylation sites is 1. The van der Waals surface area contributed by atoms with E-state index in [1.807, 2.05) is 37.4 Å². The highest BCUT2D eigenvalue weighted by Gasteiger charge is 2.13. The average Bonchev–Trinajstić information content (AvgIpc) is 2.92. The molecule has 0 saturated carbocycles. The standard InChI is InChI=1S/C13H12N2O2/c1-9-14-7-13(17-9)11-8-15(16-2)12-6-4-3-5-10(11)12/h3-8H,1-2H3. The number of hydrogen-bond donors (Lipinski definition) is 0. The fourth-order valence-electron chi connectivity index (χ4n) is 1.98. The van der Waals surface area contributed by atoms with Gasteiger partial charge in [-0.15, -0.1) is 0 Å². The molecule has 0 aliphatic carbocycles. The molecule has 1 aromatic carbocycles. The molecule has 0 bridgehead atoms. The van der Waals surface area contributed by atoms with Crippen LogP contribution < -0.4 is 4.84 Å². The smallest absolute Gasteiger partial charge is 0.191 e. The molecule has 0 unspecified atom stereocenters. The third-order valence-electron chi connectivity index (χ3n) is 2.76. The predicted molar refractivity (Wildman–Crippen MR) is 64.7 cm³/mol. The van der Waals surface area contributed by atoms with Gasteiger partial charge in [0.05, 0.1) is 17.9 Å². The first kappa shape index (κ1) is 9.96. The van der Waals surface area contributed by atoms with Gasteiger partial charge in [-0.3, -0.25) is 0 Å². The van der Waals surface area contributed by atoms with Crippen molar-refractivity contribution < 1.29 is 9.25 Å². The van der Waals surface area contributed by atoms with Crippen LogP contribution in [0.2, 0.25) is 0 Å². The summed E-state index contributed by atoms with van der Waals surface area (Å²) in [5, 5.41) is 1.09. The SMILES string of the molecule is COn1cc(-c2cnc(C)o2)c2ccccc21. The van der Waals surface area contributed by atoms with E-state index in [4.69, 9.17) is 9.25 Å². The molecule has 4 nitrogen and oxygen atoms in total. The van der Waals surface area contributed by atoms with E-state index in [0.29, 0.717) is 5.89 Å². The quantitative estimate of drug-likeness (QED) is 0.677. The summed E-state index contributed by atoms with van der Waals surface area (Å²) < 4.78 is 7.28. The van der Waals surface area contributed by atoms with Crippen molar-refractivity contribution in [3.63, 3.8) is 0 Å². The maximum atomic E-state index is 5.56. The lowest BCUT2D eigenvalue weighted by Gasteiger charge is -1.99. The number of fused-ring (bicyclic) bond motifs is 1. The molecule has 0 amide bonds. The summed E-state index contributed by atoms with van der Waals surface area (Å²) in [6.07, 6.45) is 3.64. The molecule has 0 atom stereocenters. The molecule has 2 aromatic heterocycles. The second kappa shape index (κ2) is 3.66. The number of aryl methyl sites for hydroxylation is 1. The van der Waals surface area contributed by atoms with Crippen LogP contribution >= 0.6 is 0 Å². The molecular formula is C13H12N2O2. The lowest BCUT2D eigenvalue weighted by Crippen LogP contribution is -2.02. The van der Waals surface area contributed by atoms with Crippen LogP contribution in [0.4, 0.5) is 0 Å². The molecule has 0 saturated heterocycles. The van der Waals surface area contributed by atoms with Crippen molar-refractivity contribution in [2.24, 2.45) is 0 Å². The minimum absolute atomic E-state index is 0.661. The topological polar surface area (TPSA) is 40.2 Å². The van der Waals surface area contributed by atoms with Gasteiger partial charge in [-0.25, -0.2) is 4.98 Å². The minimum Gasteiger partial charge on any atom is -0.441 e. The molecule has 0 aliphatic heterocycles. The van der Waals surface area contributed by atoms with E-state index in [1.165, 1.54) is 0 Å². The first-order chi connectivity index (χ1) is 8.29. The first-order valence-corrected chi connectivity index (χ1v) is 5.37. The average molecular weight is 228 g/mol. The van der Waals surface area contributed by atoms with Crippen LogP contribution in [-0.4, -0.2) is 16.8 Å². The summed E-state index contributed by atoms with van der Waals surface area (Å²) in [6, 6.07) is 8.02. The minimum atomic E-state index is 0.661. The van der Waals surface area contributed by atoms with Gasteiger partial charge in [0.25, 0.3) is 0 Å². The van der Waals surface area contributed by atoms with Crippen LogP contribution in [0.1, 0.15) is 5.89 Å². The molecule has 86 valence electrons.